The molecule has 0 aliphatic heterocycles. The van der Waals surface area contributed by atoms with Crippen LogP contribution in [0.5, 0.6) is 0 Å². The molecule has 0 aromatic heterocycles. The fourth-order valence-electron chi connectivity index (χ4n) is 3.88. The van der Waals surface area contributed by atoms with E-state index in [2.05, 4.69) is 10.6 Å². The molecule has 4 aromatic rings. The number of nitrogens with one attached hydrogen (secondary N) is 2. The van der Waals surface area contributed by atoms with Gasteiger partial charge in [0, 0.05) is 10.0 Å². The summed E-state index contributed by atoms with van der Waals surface area (Å²) in [5.74, 6) is -2.25. The van der Waals surface area contributed by atoms with Crippen molar-refractivity contribution in [3.8, 4) is 11.1 Å². The minimum absolute atomic E-state index is 0.0623. The number of anilines is 1. The standard InChI is InChI=1S/C29H21Cl3N2O4/c30-20-11-13-25(33-28(37)22-12-10-21(31)15-24(22)32)23(14-20)29(38)34-26(16-27(35)36)19-8-6-18(7-9-19)17-4-2-1-3-5-17/h1-15,26H,16H2,(H,33,37)(H,34,38)(H,35,36). The summed E-state index contributed by atoms with van der Waals surface area (Å²) in [4.78, 5) is 37.8. The van der Waals surface area contributed by atoms with E-state index < -0.39 is 23.8 Å². The Kier molecular flexibility index (Phi) is 8.69. The Morgan fingerprint density at radius 3 is 2.00 bits per heavy atom. The molecule has 38 heavy (non-hydrogen) atoms. The van der Waals surface area contributed by atoms with Crippen LogP contribution in [0.3, 0.4) is 0 Å². The normalized spacial score (nSPS) is 11.4. The van der Waals surface area contributed by atoms with E-state index in [-0.39, 0.29) is 33.3 Å². The van der Waals surface area contributed by atoms with Crippen molar-refractivity contribution in [3.05, 3.63) is 123 Å². The molecule has 0 heterocycles. The van der Waals surface area contributed by atoms with Crippen LogP contribution < -0.4 is 10.6 Å². The van der Waals surface area contributed by atoms with Crippen molar-refractivity contribution in [2.24, 2.45) is 0 Å². The first-order valence-corrected chi connectivity index (χ1v) is 12.6. The van der Waals surface area contributed by atoms with Gasteiger partial charge in [-0.3, -0.25) is 14.4 Å². The first-order valence-electron chi connectivity index (χ1n) is 11.5. The van der Waals surface area contributed by atoms with Crippen LogP contribution in [0, 0.1) is 0 Å². The number of rotatable bonds is 8. The van der Waals surface area contributed by atoms with Crippen molar-refractivity contribution in [1.29, 1.82) is 0 Å². The predicted molar refractivity (Wildman–Crippen MR) is 150 cm³/mol. The highest BCUT2D eigenvalue weighted by Crippen LogP contribution is 2.27. The largest absolute Gasteiger partial charge is 0.481 e. The summed E-state index contributed by atoms with van der Waals surface area (Å²) in [6.45, 7) is 0. The Morgan fingerprint density at radius 2 is 1.34 bits per heavy atom. The summed E-state index contributed by atoms with van der Waals surface area (Å²) in [6, 6.07) is 25.0. The first-order chi connectivity index (χ1) is 18.2. The van der Waals surface area contributed by atoms with E-state index in [1.807, 2.05) is 42.5 Å². The predicted octanol–water partition coefficient (Wildman–Crippen LogP) is 7.51. The summed E-state index contributed by atoms with van der Waals surface area (Å²) in [7, 11) is 0. The Bertz CT molecular complexity index is 1490. The number of carbonyl (C=O) groups excluding carboxylic acids is 2. The molecule has 1 unspecified atom stereocenters. The molecule has 1 atom stereocenters. The molecular weight excluding hydrogens is 547 g/mol. The quantitative estimate of drug-likeness (QED) is 0.205. The van der Waals surface area contributed by atoms with E-state index in [0.29, 0.717) is 10.6 Å². The van der Waals surface area contributed by atoms with Crippen LogP contribution in [-0.4, -0.2) is 22.9 Å². The highest BCUT2D eigenvalue weighted by Gasteiger charge is 2.22. The van der Waals surface area contributed by atoms with Gasteiger partial charge in [-0.25, -0.2) is 0 Å². The molecule has 0 saturated heterocycles. The number of aliphatic carboxylic acids is 1. The lowest BCUT2D eigenvalue weighted by Crippen LogP contribution is -2.31. The molecule has 192 valence electrons. The van der Waals surface area contributed by atoms with Crippen LogP contribution in [0.1, 0.15) is 38.7 Å². The Labute approximate surface area is 234 Å². The van der Waals surface area contributed by atoms with Crippen molar-refractivity contribution in [2.75, 3.05) is 5.32 Å². The maximum absolute atomic E-state index is 13.3. The van der Waals surface area contributed by atoms with Crippen LogP contribution in [0.15, 0.2) is 91.0 Å². The van der Waals surface area contributed by atoms with Gasteiger partial charge in [-0.05, 0) is 53.1 Å². The van der Waals surface area contributed by atoms with Gasteiger partial charge in [0.1, 0.15) is 0 Å². The Balaban J connectivity index is 1.59. The molecule has 3 N–H and O–H groups in total. The molecule has 0 saturated carbocycles. The number of hydrogen-bond acceptors (Lipinski definition) is 3. The van der Waals surface area contributed by atoms with Gasteiger partial charge in [0.2, 0.25) is 0 Å². The molecule has 2 amide bonds. The van der Waals surface area contributed by atoms with Crippen LogP contribution in [0.4, 0.5) is 5.69 Å². The third-order valence-electron chi connectivity index (χ3n) is 5.75. The van der Waals surface area contributed by atoms with Gasteiger partial charge in [-0.1, -0.05) is 89.4 Å². The fourth-order valence-corrected chi connectivity index (χ4v) is 4.54. The molecule has 0 spiro atoms. The number of amides is 2. The van der Waals surface area contributed by atoms with E-state index in [1.165, 1.54) is 36.4 Å². The molecule has 4 aromatic carbocycles. The maximum Gasteiger partial charge on any atom is 0.305 e. The summed E-state index contributed by atoms with van der Waals surface area (Å²) in [5, 5.41) is 15.7. The summed E-state index contributed by atoms with van der Waals surface area (Å²) >= 11 is 18.2. The SMILES string of the molecule is O=C(O)CC(NC(=O)c1cc(Cl)ccc1NC(=O)c1ccc(Cl)cc1Cl)c1ccc(-c2ccccc2)cc1. The molecule has 9 heteroatoms. The second-order valence-electron chi connectivity index (χ2n) is 8.38. The summed E-state index contributed by atoms with van der Waals surface area (Å²) < 4.78 is 0. The van der Waals surface area contributed by atoms with Crippen LogP contribution in [-0.2, 0) is 4.79 Å². The van der Waals surface area contributed by atoms with Gasteiger partial charge in [0.05, 0.1) is 34.3 Å². The minimum Gasteiger partial charge on any atom is -0.481 e. The van der Waals surface area contributed by atoms with Crippen LogP contribution in [0.2, 0.25) is 15.1 Å². The van der Waals surface area contributed by atoms with E-state index in [4.69, 9.17) is 34.8 Å². The molecule has 4 rings (SSSR count). The van der Waals surface area contributed by atoms with Gasteiger partial charge >= 0.3 is 5.97 Å². The average molecular weight is 568 g/mol. The van der Waals surface area contributed by atoms with Crippen molar-refractivity contribution in [1.82, 2.24) is 5.32 Å². The fraction of sp³-hybridized carbons (Fsp3) is 0.0690. The molecule has 0 fully saturated rings. The van der Waals surface area contributed by atoms with Crippen molar-refractivity contribution < 1.29 is 19.5 Å². The molecule has 0 aliphatic carbocycles. The zero-order valence-corrected chi connectivity index (χ0v) is 22.0. The molecule has 0 bridgehead atoms. The smallest absolute Gasteiger partial charge is 0.305 e. The second-order valence-corrected chi connectivity index (χ2v) is 9.66. The van der Waals surface area contributed by atoms with E-state index in [9.17, 15) is 19.5 Å². The number of hydrogen-bond donors (Lipinski definition) is 3. The van der Waals surface area contributed by atoms with Gasteiger partial charge in [-0.2, -0.15) is 0 Å². The first kappa shape index (κ1) is 27.2. The molecule has 0 radical (unpaired) electrons. The van der Waals surface area contributed by atoms with Crippen LogP contribution in [0.25, 0.3) is 11.1 Å². The third-order valence-corrected chi connectivity index (χ3v) is 6.54. The lowest BCUT2D eigenvalue weighted by molar-refractivity contribution is -0.137. The van der Waals surface area contributed by atoms with Crippen molar-refractivity contribution >= 4 is 58.3 Å². The van der Waals surface area contributed by atoms with Crippen molar-refractivity contribution in [3.63, 3.8) is 0 Å². The molecule has 0 aliphatic rings. The molecule has 6 nitrogen and oxygen atoms in total. The van der Waals surface area contributed by atoms with E-state index >= 15 is 0 Å². The number of benzene rings is 4. The highest BCUT2D eigenvalue weighted by atomic mass is 35.5. The lowest BCUT2D eigenvalue weighted by Gasteiger charge is -2.19. The van der Waals surface area contributed by atoms with Crippen LogP contribution >= 0.6 is 34.8 Å². The third kappa shape index (κ3) is 6.72. The minimum atomic E-state index is -1.08. The van der Waals surface area contributed by atoms with E-state index in [0.717, 1.165) is 11.1 Å². The van der Waals surface area contributed by atoms with E-state index in [1.54, 1.807) is 12.1 Å². The van der Waals surface area contributed by atoms with Gasteiger partial charge in [0.25, 0.3) is 11.8 Å². The zero-order valence-electron chi connectivity index (χ0n) is 19.8. The lowest BCUT2D eigenvalue weighted by atomic mass is 9.98. The maximum atomic E-state index is 13.3. The number of carboxylic acid groups (broad SMARTS) is 1. The average Bonchev–Trinajstić information content (AvgIpc) is 2.89. The summed E-state index contributed by atoms with van der Waals surface area (Å²) in [6.07, 6.45) is -0.348. The number of carboxylic acids is 1. The van der Waals surface area contributed by atoms with Gasteiger partial charge in [-0.15, -0.1) is 0 Å². The zero-order chi connectivity index (χ0) is 27.2. The number of carbonyl (C=O) groups is 3. The van der Waals surface area contributed by atoms with Gasteiger partial charge in [0.15, 0.2) is 0 Å². The Hall–Kier alpha value is -3.84. The van der Waals surface area contributed by atoms with Gasteiger partial charge < -0.3 is 15.7 Å². The second kappa shape index (κ2) is 12.1. The summed E-state index contributed by atoms with van der Waals surface area (Å²) in [5.41, 5.74) is 2.98. The van der Waals surface area contributed by atoms with Crippen molar-refractivity contribution in [2.45, 2.75) is 12.5 Å². The number of halogens is 3. The monoisotopic (exact) mass is 566 g/mol. The topological polar surface area (TPSA) is 95.5 Å². The Morgan fingerprint density at radius 1 is 0.711 bits per heavy atom. The highest BCUT2D eigenvalue weighted by molar-refractivity contribution is 6.37. The molecular formula is C29H21Cl3N2O4.